The Hall–Kier alpha value is -3.15. The molecule has 2 amide bonds. The maximum absolute atomic E-state index is 13.0. The van der Waals surface area contributed by atoms with E-state index in [4.69, 9.17) is 0 Å². The number of hydrogen-bond donors (Lipinski definition) is 0. The fourth-order valence-electron chi connectivity index (χ4n) is 3.65. The summed E-state index contributed by atoms with van der Waals surface area (Å²) < 4.78 is 1.88. The first kappa shape index (κ1) is 18.2. The number of para-hydroxylation sites is 2. The van der Waals surface area contributed by atoms with Crippen molar-refractivity contribution < 1.29 is 9.59 Å². The van der Waals surface area contributed by atoms with E-state index in [9.17, 15) is 9.59 Å². The molecule has 1 aliphatic heterocycles. The number of aryl methyl sites for hydroxylation is 1. The highest BCUT2D eigenvalue weighted by Crippen LogP contribution is 2.20. The van der Waals surface area contributed by atoms with Crippen LogP contribution in [0.5, 0.6) is 0 Å². The standard InChI is InChI=1S/C22H24N4O2/c1-16-7-9-18(10-8-16)13-24-11-12-25(14-21(24)27)22(28)17(2)26-15-23-19-5-3-4-6-20(19)26/h3-10,15,17H,11-14H2,1-2H3/t17-/m0/s1. The van der Waals surface area contributed by atoms with Crippen LogP contribution in [-0.2, 0) is 16.1 Å². The Morgan fingerprint density at radius 1 is 1.11 bits per heavy atom. The van der Waals surface area contributed by atoms with E-state index in [-0.39, 0.29) is 18.4 Å². The summed E-state index contributed by atoms with van der Waals surface area (Å²) in [5, 5.41) is 0. The molecule has 0 bridgehead atoms. The van der Waals surface area contributed by atoms with Crippen LogP contribution < -0.4 is 0 Å². The number of hydrogen-bond acceptors (Lipinski definition) is 3. The molecule has 28 heavy (non-hydrogen) atoms. The molecule has 1 aliphatic rings. The molecule has 6 heteroatoms. The minimum atomic E-state index is -0.399. The van der Waals surface area contributed by atoms with Gasteiger partial charge >= 0.3 is 0 Å². The van der Waals surface area contributed by atoms with Crippen molar-refractivity contribution in [2.24, 2.45) is 0 Å². The van der Waals surface area contributed by atoms with Crippen LogP contribution >= 0.6 is 0 Å². The van der Waals surface area contributed by atoms with Crippen molar-refractivity contribution in [3.05, 3.63) is 66.0 Å². The number of piperazine rings is 1. The highest BCUT2D eigenvalue weighted by molar-refractivity contribution is 5.89. The number of amides is 2. The number of nitrogens with zero attached hydrogens (tertiary/aromatic N) is 4. The van der Waals surface area contributed by atoms with Gasteiger partial charge in [0.1, 0.15) is 6.04 Å². The highest BCUT2D eigenvalue weighted by Gasteiger charge is 2.30. The van der Waals surface area contributed by atoms with E-state index >= 15 is 0 Å². The Morgan fingerprint density at radius 3 is 2.61 bits per heavy atom. The maximum Gasteiger partial charge on any atom is 0.245 e. The van der Waals surface area contributed by atoms with E-state index in [0.717, 1.165) is 16.6 Å². The van der Waals surface area contributed by atoms with Gasteiger partial charge in [0.15, 0.2) is 0 Å². The van der Waals surface area contributed by atoms with Crippen molar-refractivity contribution in [1.29, 1.82) is 0 Å². The van der Waals surface area contributed by atoms with Gasteiger partial charge in [-0.3, -0.25) is 9.59 Å². The molecule has 1 fully saturated rings. The van der Waals surface area contributed by atoms with Gasteiger partial charge in [0, 0.05) is 19.6 Å². The first-order valence-electron chi connectivity index (χ1n) is 9.56. The summed E-state index contributed by atoms with van der Waals surface area (Å²) in [6.07, 6.45) is 1.70. The Bertz CT molecular complexity index is 1010. The van der Waals surface area contributed by atoms with Crippen molar-refractivity contribution in [2.75, 3.05) is 19.6 Å². The van der Waals surface area contributed by atoms with Crippen molar-refractivity contribution >= 4 is 22.8 Å². The normalized spacial score (nSPS) is 15.9. The molecule has 0 spiro atoms. The summed E-state index contributed by atoms with van der Waals surface area (Å²) in [5.74, 6) is -0.0608. The summed E-state index contributed by atoms with van der Waals surface area (Å²) in [5.41, 5.74) is 4.09. The number of carbonyl (C=O) groups excluding carboxylic acids is 2. The van der Waals surface area contributed by atoms with Gasteiger partial charge in [0.05, 0.1) is 23.9 Å². The summed E-state index contributed by atoms with van der Waals surface area (Å²) >= 11 is 0. The fourth-order valence-corrected chi connectivity index (χ4v) is 3.65. The molecule has 4 rings (SSSR count). The molecular weight excluding hydrogens is 352 g/mol. The SMILES string of the molecule is Cc1ccc(CN2CCN(C(=O)[C@H](C)n3cnc4ccccc43)CC2=O)cc1. The first-order valence-corrected chi connectivity index (χ1v) is 9.56. The third-order valence-electron chi connectivity index (χ3n) is 5.38. The van der Waals surface area contributed by atoms with Crippen LogP contribution in [0.25, 0.3) is 11.0 Å². The minimum Gasteiger partial charge on any atom is -0.335 e. The van der Waals surface area contributed by atoms with E-state index in [1.807, 2.05) is 59.7 Å². The predicted octanol–water partition coefficient (Wildman–Crippen LogP) is 2.78. The molecule has 0 saturated carbocycles. The lowest BCUT2D eigenvalue weighted by atomic mass is 10.1. The van der Waals surface area contributed by atoms with Crippen LogP contribution in [0.15, 0.2) is 54.9 Å². The summed E-state index contributed by atoms with van der Waals surface area (Å²) in [6.45, 7) is 5.72. The van der Waals surface area contributed by atoms with E-state index in [1.54, 1.807) is 11.2 Å². The van der Waals surface area contributed by atoms with E-state index < -0.39 is 6.04 Å². The maximum atomic E-state index is 13.0. The van der Waals surface area contributed by atoms with Gasteiger partial charge in [-0.25, -0.2) is 4.98 Å². The molecule has 0 radical (unpaired) electrons. The van der Waals surface area contributed by atoms with Gasteiger partial charge in [-0.2, -0.15) is 0 Å². The van der Waals surface area contributed by atoms with Crippen LogP contribution in [0, 0.1) is 6.92 Å². The van der Waals surface area contributed by atoms with Gasteiger partial charge in [-0.15, -0.1) is 0 Å². The molecule has 0 N–H and O–H groups in total. The molecule has 2 aromatic carbocycles. The Labute approximate surface area is 164 Å². The molecule has 0 aliphatic carbocycles. The third-order valence-corrected chi connectivity index (χ3v) is 5.38. The molecule has 6 nitrogen and oxygen atoms in total. The lowest BCUT2D eigenvalue weighted by molar-refractivity contribution is -0.147. The number of aromatic nitrogens is 2. The molecular formula is C22H24N4O2. The largest absolute Gasteiger partial charge is 0.335 e. The van der Waals surface area contributed by atoms with E-state index in [2.05, 4.69) is 17.1 Å². The zero-order valence-corrected chi connectivity index (χ0v) is 16.2. The molecule has 2 heterocycles. The van der Waals surface area contributed by atoms with Crippen LogP contribution in [0.2, 0.25) is 0 Å². The van der Waals surface area contributed by atoms with Gasteiger partial charge in [-0.05, 0) is 31.5 Å². The smallest absolute Gasteiger partial charge is 0.245 e. The molecule has 144 valence electrons. The molecule has 3 aromatic rings. The first-order chi connectivity index (χ1) is 13.5. The van der Waals surface area contributed by atoms with Crippen molar-refractivity contribution in [3.8, 4) is 0 Å². The van der Waals surface area contributed by atoms with Crippen LogP contribution in [0.4, 0.5) is 0 Å². The second-order valence-corrected chi connectivity index (χ2v) is 7.38. The van der Waals surface area contributed by atoms with Crippen molar-refractivity contribution in [3.63, 3.8) is 0 Å². The lowest BCUT2D eigenvalue weighted by Gasteiger charge is -2.35. The van der Waals surface area contributed by atoms with E-state index in [0.29, 0.717) is 19.6 Å². The monoisotopic (exact) mass is 376 g/mol. The number of carbonyl (C=O) groups is 2. The minimum absolute atomic E-state index is 0.0112. The number of fused-ring (bicyclic) bond motifs is 1. The van der Waals surface area contributed by atoms with Gasteiger partial charge < -0.3 is 14.4 Å². The fraction of sp³-hybridized carbons (Fsp3) is 0.318. The summed E-state index contributed by atoms with van der Waals surface area (Å²) in [4.78, 5) is 33.5. The Morgan fingerprint density at radius 2 is 1.86 bits per heavy atom. The predicted molar refractivity (Wildman–Crippen MR) is 108 cm³/mol. The van der Waals surface area contributed by atoms with Gasteiger partial charge in [0.2, 0.25) is 11.8 Å². The molecule has 0 unspecified atom stereocenters. The van der Waals surface area contributed by atoms with Gasteiger partial charge in [-0.1, -0.05) is 42.0 Å². The van der Waals surface area contributed by atoms with E-state index in [1.165, 1.54) is 5.56 Å². The van der Waals surface area contributed by atoms with Gasteiger partial charge in [0.25, 0.3) is 0 Å². The second-order valence-electron chi connectivity index (χ2n) is 7.38. The molecule has 1 saturated heterocycles. The van der Waals surface area contributed by atoms with Crippen molar-refractivity contribution in [1.82, 2.24) is 19.4 Å². The zero-order chi connectivity index (χ0) is 19.7. The number of imidazole rings is 1. The highest BCUT2D eigenvalue weighted by atomic mass is 16.2. The summed E-state index contributed by atoms with van der Waals surface area (Å²) in [6, 6.07) is 15.5. The third kappa shape index (κ3) is 3.50. The number of rotatable bonds is 4. The average Bonchev–Trinajstić information content (AvgIpc) is 3.14. The zero-order valence-electron chi connectivity index (χ0n) is 16.2. The van der Waals surface area contributed by atoms with Crippen LogP contribution in [0.1, 0.15) is 24.1 Å². The average molecular weight is 376 g/mol. The number of benzene rings is 2. The van der Waals surface area contributed by atoms with Crippen LogP contribution in [-0.4, -0.2) is 50.8 Å². The Kier molecular flexibility index (Phi) is 4.86. The lowest BCUT2D eigenvalue weighted by Crippen LogP contribution is -2.53. The topological polar surface area (TPSA) is 58.4 Å². The van der Waals surface area contributed by atoms with Crippen LogP contribution in [0.3, 0.4) is 0 Å². The van der Waals surface area contributed by atoms with Crippen molar-refractivity contribution in [2.45, 2.75) is 26.4 Å². The Balaban J connectivity index is 1.42. The molecule has 1 atom stereocenters. The quantitative estimate of drug-likeness (QED) is 0.704. The summed E-state index contributed by atoms with van der Waals surface area (Å²) in [7, 11) is 0. The second kappa shape index (κ2) is 7.46. The molecule has 1 aromatic heterocycles.